The normalized spacial score (nSPS) is 16.2. The van der Waals surface area contributed by atoms with Crippen LogP contribution in [0, 0.1) is 0 Å². The zero-order valence-corrected chi connectivity index (χ0v) is 10.5. The first-order chi connectivity index (χ1) is 8.81. The Balaban J connectivity index is 2.03. The number of benzene rings is 2. The van der Waals surface area contributed by atoms with Crippen LogP contribution >= 0.6 is 0 Å². The summed E-state index contributed by atoms with van der Waals surface area (Å²) in [6.07, 6.45) is 0.611. The minimum atomic E-state index is -0.487. The Hall–Kier alpha value is -1.80. The quantitative estimate of drug-likeness (QED) is 0.858. The average Bonchev–Trinajstić information content (AvgIpc) is 2.71. The second-order valence-corrected chi connectivity index (χ2v) is 4.72. The standard InChI is InChI=1S/C16H17NO/c1-2-9-17-11-7-8-13-12-5-3-4-6-14(12)16(18)15(13)10-11/h3-8,10,16-18H,2,9H2,1H3/t16-/m1/s1. The largest absolute Gasteiger partial charge is 0.385 e. The van der Waals surface area contributed by atoms with Gasteiger partial charge in [-0.15, -0.1) is 0 Å². The molecule has 0 fully saturated rings. The summed E-state index contributed by atoms with van der Waals surface area (Å²) in [7, 11) is 0. The molecule has 1 aliphatic rings. The minimum Gasteiger partial charge on any atom is -0.385 e. The van der Waals surface area contributed by atoms with Crippen LogP contribution in [-0.4, -0.2) is 11.7 Å². The number of hydrogen-bond donors (Lipinski definition) is 2. The smallest absolute Gasteiger partial charge is 0.105 e. The third kappa shape index (κ3) is 1.70. The molecule has 0 saturated carbocycles. The first-order valence-electron chi connectivity index (χ1n) is 6.46. The molecule has 3 rings (SSSR count). The number of nitrogens with one attached hydrogen (secondary N) is 1. The lowest BCUT2D eigenvalue weighted by molar-refractivity contribution is 0.225. The van der Waals surface area contributed by atoms with Gasteiger partial charge in [0.2, 0.25) is 0 Å². The van der Waals surface area contributed by atoms with Gasteiger partial charge in [-0.05, 0) is 40.8 Å². The van der Waals surface area contributed by atoms with Gasteiger partial charge in [-0.2, -0.15) is 0 Å². The van der Waals surface area contributed by atoms with E-state index < -0.39 is 6.10 Å². The van der Waals surface area contributed by atoms with Gasteiger partial charge >= 0.3 is 0 Å². The molecule has 92 valence electrons. The monoisotopic (exact) mass is 239 g/mol. The summed E-state index contributed by atoms with van der Waals surface area (Å²) in [5, 5.41) is 13.7. The van der Waals surface area contributed by atoms with Crippen LogP contribution in [-0.2, 0) is 0 Å². The highest BCUT2D eigenvalue weighted by Crippen LogP contribution is 2.43. The van der Waals surface area contributed by atoms with Gasteiger partial charge in [0.05, 0.1) is 0 Å². The van der Waals surface area contributed by atoms with Gasteiger partial charge in [-0.25, -0.2) is 0 Å². The lowest BCUT2D eigenvalue weighted by atomic mass is 10.1. The second kappa shape index (κ2) is 4.46. The Labute approximate surface area is 107 Å². The van der Waals surface area contributed by atoms with Crippen LogP contribution in [0.4, 0.5) is 5.69 Å². The Kier molecular flexibility index (Phi) is 2.80. The van der Waals surface area contributed by atoms with E-state index in [1.807, 2.05) is 18.2 Å². The Bertz CT molecular complexity index is 577. The molecule has 18 heavy (non-hydrogen) atoms. The number of anilines is 1. The molecule has 2 aromatic carbocycles. The number of aliphatic hydroxyl groups excluding tert-OH is 1. The third-order valence-electron chi connectivity index (χ3n) is 3.47. The minimum absolute atomic E-state index is 0.487. The molecule has 0 bridgehead atoms. The van der Waals surface area contributed by atoms with Crippen LogP contribution in [0.2, 0.25) is 0 Å². The maximum Gasteiger partial charge on any atom is 0.105 e. The first-order valence-corrected chi connectivity index (χ1v) is 6.46. The summed E-state index contributed by atoms with van der Waals surface area (Å²) < 4.78 is 0. The fourth-order valence-electron chi connectivity index (χ4n) is 2.56. The van der Waals surface area contributed by atoms with E-state index in [0.717, 1.165) is 40.9 Å². The summed E-state index contributed by atoms with van der Waals surface area (Å²) >= 11 is 0. The van der Waals surface area contributed by atoms with Crippen molar-refractivity contribution in [3.63, 3.8) is 0 Å². The Morgan fingerprint density at radius 1 is 1.06 bits per heavy atom. The van der Waals surface area contributed by atoms with E-state index in [4.69, 9.17) is 0 Å². The topological polar surface area (TPSA) is 32.3 Å². The van der Waals surface area contributed by atoms with Gasteiger partial charge < -0.3 is 10.4 Å². The highest BCUT2D eigenvalue weighted by molar-refractivity contribution is 5.79. The highest BCUT2D eigenvalue weighted by Gasteiger charge is 2.26. The van der Waals surface area contributed by atoms with Crippen LogP contribution < -0.4 is 5.32 Å². The third-order valence-corrected chi connectivity index (χ3v) is 3.47. The Morgan fingerprint density at radius 2 is 1.83 bits per heavy atom. The molecule has 2 heteroatoms. The van der Waals surface area contributed by atoms with Crippen molar-refractivity contribution < 1.29 is 5.11 Å². The lowest BCUT2D eigenvalue weighted by Crippen LogP contribution is -2.01. The van der Waals surface area contributed by atoms with E-state index in [9.17, 15) is 5.11 Å². The molecule has 0 saturated heterocycles. The lowest BCUT2D eigenvalue weighted by Gasteiger charge is -2.09. The van der Waals surface area contributed by atoms with E-state index in [1.165, 1.54) is 0 Å². The van der Waals surface area contributed by atoms with Gasteiger partial charge in [-0.3, -0.25) is 0 Å². The van der Waals surface area contributed by atoms with Crippen LogP contribution in [0.15, 0.2) is 42.5 Å². The molecule has 1 atom stereocenters. The molecule has 0 radical (unpaired) electrons. The van der Waals surface area contributed by atoms with Crippen molar-refractivity contribution in [1.82, 2.24) is 0 Å². The first kappa shape index (κ1) is 11.3. The molecular formula is C16H17NO. The molecule has 1 aliphatic carbocycles. The van der Waals surface area contributed by atoms with Crippen molar-refractivity contribution >= 4 is 5.69 Å². The van der Waals surface area contributed by atoms with Gasteiger partial charge in [0.1, 0.15) is 6.10 Å². The van der Waals surface area contributed by atoms with Crippen LogP contribution in [0.25, 0.3) is 11.1 Å². The van der Waals surface area contributed by atoms with Crippen molar-refractivity contribution in [2.45, 2.75) is 19.4 Å². The maximum atomic E-state index is 10.4. The highest BCUT2D eigenvalue weighted by atomic mass is 16.3. The Morgan fingerprint density at radius 3 is 2.67 bits per heavy atom. The summed E-state index contributed by atoms with van der Waals surface area (Å²) in [6, 6.07) is 14.3. The molecule has 0 aliphatic heterocycles. The number of fused-ring (bicyclic) bond motifs is 3. The van der Waals surface area contributed by atoms with Crippen LogP contribution in [0.3, 0.4) is 0 Å². The number of aliphatic hydroxyl groups is 1. The molecule has 2 aromatic rings. The van der Waals surface area contributed by atoms with E-state index in [2.05, 4.69) is 36.5 Å². The van der Waals surface area contributed by atoms with E-state index in [-0.39, 0.29) is 0 Å². The predicted molar refractivity (Wildman–Crippen MR) is 74.7 cm³/mol. The molecule has 0 heterocycles. The molecule has 2 nitrogen and oxygen atoms in total. The molecule has 0 unspecified atom stereocenters. The number of hydrogen-bond acceptors (Lipinski definition) is 2. The SMILES string of the molecule is CCCNc1ccc2c(c1)[C@H](O)c1ccccc1-2. The fraction of sp³-hybridized carbons (Fsp3) is 0.250. The summed E-state index contributed by atoms with van der Waals surface area (Å²) in [5.41, 5.74) is 5.42. The average molecular weight is 239 g/mol. The molecular weight excluding hydrogens is 222 g/mol. The molecule has 2 N–H and O–H groups in total. The van der Waals surface area contributed by atoms with Crippen molar-refractivity contribution in [3.05, 3.63) is 53.6 Å². The van der Waals surface area contributed by atoms with E-state index in [1.54, 1.807) is 0 Å². The van der Waals surface area contributed by atoms with Crippen molar-refractivity contribution in [2.75, 3.05) is 11.9 Å². The second-order valence-electron chi connectivity index (χ2n) is 4.72. The zero-order valence-electron chi connectivity index (χ0n) is 10.5. The molecule has 0 aromatic heterocycles. The zero-order chi connectivity index (χ0) is 12.5. The van der Waals surface area contributed by atoms with E-state index >= 15 is 0 Å². The van der Waals surface area contributed by atoms with E-state index in [0.29, 0.717) is 0 Å². The molecule has 0 spiro atoms. The van der Waals surface area contributed by atoms with Gasteiger partial charge in [-0.1, -0.05) is 37.3 Å². The maximum absolute atomic E-state index is 10.4. The van der Waals surface area contributed by atoms with Crippen LogP contribution in [0.1, 0.15) is 30.6 Å². The van der Waals surface area contributed by atoms with Crippen molar-refractivity contribution in [1.29, 1.82) is 0 Å². The summed E-state index contributed by atoms with van der Waals surface area (Å²) in [4.78, 5) is 0. The fourth-order valence-corrected chi connectivity index (χ4v) is 2.56. The molecule has 0 amide bonds. The van der Waals surface area contributed by atoms with Crippen LogP contribution in [0.5, 0.6) is 0 Å². The number of rotatable bonds is 3. The summed E-state index contributed by atoms with van der Waals surface area (Å²) in [6.45, 7) is 3.10. The van der Waals surface area contributed by atoms with Crippen molar-refractivity contribution in [2.24, 2.45) is 0 Å². The van der Waals surface area contributed by atoms with Crippen molar-refractivity contribution in [3.8, 4) is 11.1 Å². The predicted octanol–water partition coefficient (Wildman–Crippen LogP) is 3.57. The summed E-state index contributed by atoms with van der Waals surface area (Å²) in [5.74, 6) is 0. The van der Waals surface area contributed by atoms with Gasteiger partial charge in [0.25, 0.3) is 0 Å². The van der Waals surface area contributed by atoms with Gasteiger partial charge in [0.15, 0.2) is 0 Å². The van der Waals surface area contributed by atoms with Gasteiger partial charge in [0, 0.05) is 12.2 Å².